The maximum Gasteiger partial charge on any atom is 0.382 e. The van der Waals surface area contributed by atoms with Crippen LogP contribution in [0, 0.1) is 11.3 Å². The molecule has 0 aliphatic carbocycles. The SMILES string of the molecule is CC(OC(=O)C(F)(C#N)N1C(=O)c2ccccc2C1=O)c1ccccc1. The highest BCUT2D eigenvalue weighted by atomic mass is 19.1. The Bertz CT molecular complexity index is 903. The topological polar surface area (TPSA) is 87.5 Å². The van der Waals surface area contributed by atoms with Crippen LogP contribution in [0.4, 0.5) is 4.39 Å². The van der Waals surface area contributed by atoms with Crippen LogP contribution >= 0.6 is 0 Å². The molecule has 2 amide bonds. The molecule has 2 atom stereocenters. The lowest BCUT2D eigenvalue weighted by molar-refractivity contribution is -0.166. The smallest absolute Gasteiger partial charge is 0.382 e. The minimum atomic E-state index is -3.56. The zero-order valence-corrected chi connectivity index (χ0v) is 13.7. The van der Waals surface area contributed by atoms with Gasteiger partial charge in [-0.15, -0.1) is 0 Å². The first-order chi connectivity index (χ1) is 12.4. The van der Waals surface area contributed by atoms with Gasteiger partial charge in [0.2, 0.25) is 0 Å². The molecule has 7 heteroatoms. The summed E-state index contributed by atoms with van der Waals surface area (Å²) in [5.41, 5.74) is 0.431. The van der Waals surface area contributed by atoms with Gasteiger partial charge in [-0.1, -0.05) is 42.5 Å². The number of nitrogens with zero attached hydrogens (tertiary/aromatic N) is 2. The average Bonchev–Trinajstić information content (AvgIpc) is 2.93. The summed E-state index contributed by atoms with van der Waals surface area (Å²) in [6.07, 6.45) is -0.873. The number of amides is 2. The average molecular weight is 352 g/mol. The molecule has 0 saturated carbocycles. The summed E-state index contributed by atoms with van der Waals surface area (Å²) in [6.45, 7) is 1.49. The standard InChI is InChI=1S/C19H13FN2O4/c1-12(13-7-3-2-4-8-13)26-18(25)19(20,11-21)22-16(23)14-9-5-6-10-15(14)17(22)24/h2-10,12H,1H3. The van der Waals surface area contributed by atoms with Crippen molar-refractivity contribution in [2.24, 2.45) is 0 Å². The van der Waals surface area contributed by atoms with E-state index >= 15 is 4.39 Å². The third-order valence-electron chi connectivity index (χ3n) is 4.07. The summed E-state index contributed by atoms with van der Waals surface area (Å²) in [5, 5.41) is 9.24. The Morgan fingerprint density at radius 2 is 1.58 bits per heavy atom. The molecule has 3 rings (SSSR count). The number of imide groups is 1. The lowest BCUT2D eigenvalue weighted by Crippen LogP contribution is -2.54. The van der Waals surface area contributed by atoms with E-state index in [1.54, 1.807) is 30.3 Å². The van der Waals surface area contributed by atoms with Crippen molar-refractivity contribution in [3.05, 3.63) is 71.3 Å². The van der Waals surface area contributed by atoms with E-state index in [0.29, 0.717) is 5.56 Å². The minimum Gasteiger partial charge on any atom is -0.453 e. The van der Waals surface area contributed by atoms with E-state index in [2.05, 4.69) is 0 Å². The Morgan fingerprint density at radius 3 is 2.08 bits per heavy atom. The summed E-state index contributed by atoms with van der Waals surface area (Å²) < 4.78 is 20.2. The van der Waals surface area contributed by atoms with E-state index in [1.165, 1.54) is 31.2 Å². The number of halogens is 1. The third kappa shape index (κ3) is 2.62. The van der Waals surface area contributed by atoms with Gasteiger partial charge in [0.15, 0.2) is 0 Å². The van der Waals surface area contributed by atoms with Crippen LogP contribution in [0.3, 0.4) is 0 Å². The number of ether oxygens (including phenoxy) is 1. The summed E-state index contributed by atoms with van der Waals surface area (Å²) in [7, 11) is 0. The molecule has 2 aromatic rings. The maximum absolute atomic E-state index is 15.2. The molecule has 0 aromatic heterocycles. The van der Waals surface area contributed by atoms with Crippen molar-refractivity contribution >= 4 is 17.8 Å². The zero-order valence-electron chi connectivity index (χ0n) is 13.7. The van der Waals surface area contributed by atoms with E-state index in [0.717, 1.165) is 6.07 Å². The van der Waals surface area contributed by atoms with Crippen LogP contribution in [0.2, 0.25) is 0 Å². The highest BCUT2D eigenvalue weighted by molar-refractivity contribution is 6.23. The number of hydrogen-bond acceptors (Lipinski definition) is 5. The molecule has 1 aliphatic rings. The number of hydrogen-bond donors (Lipinski definition) is 0. The first-order valence-corrected chi connectivity index (χ1v) is 7.74. The van der Waals surface area contributed by atoms with Crippen molar-refractivity contribution in [2.45, 2.75) is 18.8 Å². The van der Waals surface area contributed by atoms with Crippen LogP contribution < -0.4 is 0 Å². The van der Waals surface area contributed by atoms with Crippen LogP contribution in [-0.2, 0) is 9.53 Å². The molecule has 130 valence electrons. The largest absolute Gasteiger partial charge is 0.453 e. The number of alkyl halides is 1. The van der Waals surface area contributed by atoms with Crippen LogP contribution in [-0.4, -0.2) is 28.5 Å². The van der Waals surface area contributed by atoms with Gasteiger partial charge in [0.25, 0.3) is 11.8 Å². The van der Waals surface area contributed by atoms with Gasteiger partial charge in [-0.25, -0.2) is 9.69 Å². The van der Waals surface area contributed by atoms with E-state index in [4.69, 9.17) is 4.74 Å². The number of benzene rings is 2. The molecule has 0 N–H and O–H groups in total. The van der Waals surface area contributed by atoms with Gasteiger partial charge in [0, 0.05) is 0 Å². The second kappa shape index (κ2) is 6.41. The predicted molar refractivity (Wildman–Crippen MR) is 87.3 cm³/mol. The fraction of sp³-hybridized carbons (Fsp3) is 0.158. The van der Waals surface area contributed by atoms with Gasteiger partial charge in [-0.05, 0) is 24.6 Å². The molecule has 0 radical (unpaired) electrons. The summed E-state index contributed by atoms with van der Waals surface area (Å²) in [6, 6.07) is 15.2. The number of nitriles is 1. The Morgan fingerprint density at radius 1 is 1.08 bits per heavy atom. The van der Waals surface area contributed by atoms with Crippen LogP contribution in [0.5, 0.6) is 0 Å². The summed E-state index contributed by atoms with van der Waals surface area (Å²) in [5.74, 6) is -7.29. The van der Waals surface area contributed by atoms with E-state index in [9.17, 15) is 19.6 Å². The first kappa shape index (κ1) is 17.3. The van der Waals surface area contributed by atoms with Crippen LogP contribution in [0.15, 0.2) is 54.6 Å². The van der Waals surface area contributed by atoms with Gasteiger partial charge in [-0.2, -0.15) is 9.65 Å². The predicted octanol–water partition coefficient (Wildman–Crippen LogP) is 2.78. The highest BCUT2D eigenvalue weighted by Gasteiger charge is 2.57. The Hall–Kier alpha value is -3.53. The normalized spacial score (nSPS) is 16.4. The fourth-order valence-electron chi connectivity index (χ4n) is 2.69. The van der Waals surface area contributed by atoms with E-state index < -0.39 is 29.7 Å². The summed E-state index contributed by atoms with van der Waals surface area (Å²) in [4.78, 5) is 37.1. The molecular weight excluding hydrogens is 339 g/mol. The molecule has 0 bridgehead atoms. The van der Waals surface area contributed by atoms with Gasteiger partial charge in [0.05, 0.1) is 11.1 Å². The van der Waals surface area contributed by atoms with Gasteiger partial charge in [0.1, 0.15) is 12.2 Å². The van der Waals surface area contributed by atoms with Crippen molar-refractivity contribution in [3.63, 3.8) is 0 Å². The van der Waals surface area contributed by atoms with E-state index in [-0.39, 0.29) is 16.0 Å². The Kier molecular flexibility index (Phi) is 4.26. The fourth-order valence-corrected chi connectivity index (χ4v) is 2.69. The second-order valence-corrected chi connectivity index (χ2v) is 5.68. The number of rotatable bonds is 4. The summed E-state index contributed by atoms with van der Waals surface area (Å²) >= 11 is 0. The number of esters is 1. The molecular formula is C19H13FN2O4. The van der Waals surface area contributed by atoms with Crippen molar-refractivity contribution in [1.82, 2.24) is 4.90 Å². The van der Waals surface area contributed by atoms with Crippen LogP contribution in [0.1, 0.15) is 39.3 Å². The molecule has 0 fully saturated rings. The lowest BCUT2D eigenvalue weighted by atomic mass is 10.1. The maximum atomic E-state index is 15.2. The molecule has 2 unspecified atom stereocenters. The first-order valence-electron chi connectivity index (χ1n) is 7.74. The minimum absolute atomic E-state index is 0.0116. The third-order valence-corrected chi connectivity index (χ3v) is 4.07. The Balaban J connectivity index is 1.90. The van der Waals surface area contributed by atoms with Gasteiger partial charge >= 0.3 is 11.8 Å². The van der Waals surface area contributed by atoms with E-state index in [1.807, 2.05) is 0 Å². The van der Waals surface area contributed by atoms with Crippen LogP contribution in [0.25, 0.3) is 0 Å². The quantitative estimate of drug-likeness (QED) is 0.480. The molecule has 0 saturated heterocycles. The second-order valence-electron chi connectivity index (χ2n) is 5.68. The van der Waals surface area contributed by atoms with Gasteiger partial charge < -0.3 is 4.74 Å². The highest BCUT2D eigenvalue weighted by Crippen LogP contribution is 2.32. The van der Waals surface area contributed by atoms with Crippen molar-refractivity contribution in [2.75, 3.05) is 0 Å². The number of carbonyl (C=O) groups is 3. The zero-order chi connectivity index (χ0) is 18.9. The molecule has 1 heterocycles. The number of carbonyl (C=O) groups excluding carboxylic acids is 3. The molecule has 6 nitrogen and oxygen atoms in total. The van der Waals surface area contributed by atoms with Crippen molar-refractivity contribution in [3.8, 4) is 6.07 Å². The Labute approximate surface area is 148 Å². The van der Waals surface area contributed by atoms with Gasteiger partial charge in [-0.3, -0.25) is 9.59 Å². The number of fused-ring (bicyclic) bond motifs is 1. The van der Waals surface area contributed by atoms with Crippen molar-refractivity contribution < 1.29 is 23.5 Å². The molecule has 0 spiro atoms. The van der Waals surface area contributed by atoms with Crippen molar-refractivity contribution in [1.29, 1.82) is 5.26 Å². The molecule has 1 aliphatic heterocycles. The lowest BCUT2D eigenvalue weighted by Gasteiger charge is -2.26. The molecule has 2 aromatic carbocycles. The monoisotopic (exact) mass is 352 g/mol. The molecule has 26 heavy (non-hydrogen) atoms.